The Morgan fingerprint density at radius 2 is 2.40 bits per heavy atom. The molecular formula is C14H20N2O4. The monoisotopic (exact) mass is 280 g/mol. The standard InChI is InChI=1S/C14H20N2O4/c1-2-20-13-5-3-4-12(14(13)16(17)18)15-8-6-11-7-9-19-10-11/h3-5,11,15H,2,6-10H2,1H3. The summed E-state index contributed by atoms with van der Waals surface area (Å²) in [6.45, 7) is 4.53. The minimum Gasteiger partial charge on any atom is -0.487 e. The first-order chi connectivity index (χ1) is 9.72. The Hall–Kier alpha value is -1.82. The maximum atomic E-state index is 11.2. The van der Waals surface area contributed by atoms with Crippen LogP contribution in [0.25, 0.3) is 0 Å². The maximum absolute atomic E-state index is 11.2. The number of nitro groups is 1. The van der Waals surface area contributed by atoms with Crippen LogP contribution in [0.15, 0.2) is 18.2 Å². The van der Waals surface area contributed by atoms with Crippen molar-refractivity contribution < 1.29 is 14.4 Å². The molecule has 6 heteroatoms. The van der Waals surface area contributed by atoms with Crippen LogP contribution >= 0.6 is 0 Å². The molecule has 0 radical (unpaired) electrons. The molecule has 1 heterocycles. The first-order valence-corrected chi connectivity index (χ1v) is 6.94. The third kappa shape index (κ3) is 3.60. The topological polar surface area (TPSA) is 73.6 Å². The zero-order valence-corrected chi connectivity index (χ0v) is 11.6. The number of anilines is 1. The summed E-state index contributed by atoms with van der Waals surface area (Å²) < 4.78 is 10.6. The summed E-state index contributed by atoms with van der Waals surface area (Å²) in [5.41, 5.74) is 0.525. The van der Waals surface area contributed by atoms with Crippen molar-refractivity contribution in [3.8, 4) is 5.75 Å². The molecule has 110 valence electrons. The quantitative estimate of drug-likeness (QED) is 0.614. The van der Waals surface area contributed by atoms with Crippen molar-refractivity contribution in [3.05, 3.63) is 28.3 Å². The number of para-hydroxylation sites is 1. The van der Waals surface area contributed by atoms with E-state index in [4.69, 9.17) is 9.47 Å². The van der Waals surface area contributed by atoms with E-state index in [0.717, 1.165) is 26.1 Å². The second-order valence-corrected chi connectivity index (χ2v) is 4.79. The number of ether oxygens (including phenoxy) is 2. The third-order valence-corrected chi connectivity index (χ3v) is 3.37. The molecule has 1 aliphatic heterocycles. The molecular weight excluding hydrogens is 260 g/mol. The van der Waals surface area contributed by atoms with E-state index in [-0.39, 0.29) is 5.69 Å². The largest absolute Gasteiger partial charge is 0.487 e. The summed E-state index contributed by atoms with van der Waals surface area (Å²) in [5, 5.41) is 14.3. The van der Waals surface area contributed by atoms with E-state index >= 15 is 0 Å². The normalized spacial score (nSPS) is 17.9. The Labute approximate surface area is 118 Å². The number of rotatable bonds is 7. The van der Waals surface area contributed by atoms with Crippen LogP contribution in [0.4, 0.5) is 11.4 Å². The Bertz CT molecular complexity index is 458. The number of hydrogen-bond acceptors (Lipinski definition) is 5. The highest BCUT2D eigenvalue weighted by Crippen LogP contribution is 2.34. The first kappa shape index (κ1) is 14.6. The lowest BCUT2D eigenvalue weighted by Gasteiger charge is -2.12. The van der Waals surface area contributed by atoms with Crippen LogP contribution in [0.3, 0.4) is 0 Å². The van der Waals surface area contributed by atoms with Crippen molar-refractivity contribution in [3.63, 3.8) is 0 Å². The van der Waals surface area contributed by atoms with Crippen molar-refractivity contribution >= 4 is 11.4 Å². The molecule has 1 aromatic carbocycles. The van der Waals surface area contributed by atoms with Crippen molar-refractivity contribution in [2.24, 2.45) is 5.92 Å². The predicted octanol–water partition coefficient (Wildman–Crippen LogP) is 2.83. The lowest BCUT2D eigenvalue weighted by atomic mass is 10.1. The van der Waals surface area contributed by atoms with Gasteiger partial charge in [-0.25, -0.2) is 0 Å². The van der Waals surface area contributed by atoms with Crippen LogP contribution in [-0.2, 0) is 4.74 Å². The zero-order chi connectivity index (χ0) is 14.4. The molecule has 1 aromatic rings. The minimum absolute atomic E-state index is 0.0111. The van der Waals surface area contributed by atoms with Crippen LogP contribution in [0.5, 0.6) is 5.75 Å². The molecule has 0 saturated carbocycles. The van der Waals surface area contributed by atoms with E-state index in [2.05, 4.69) is 5.32 Å². The molecule has 1 atom stereocenters. The van der Waals surface area contributed by atoms with Gasteiger partial charge in [0, 0.05) is 19.8 Å². The van der Waals surface area contributed by atoms with Gasteiger partial charge < -0.3 is 14.8 Å². The van der Waals surface area contributed by atoms with Gasteiger partial charge in [-0.05, 0) is 37.8 Å². The van der Waals surface area contributed by atoms with Crippen molar-refractivity contribution in [2.75, 3.05) is 31.7 Å². The smallest absolute Gasteiger partial charge is 0.333 e. The zero-order valence-electron chi connectivity index (χ0n) is 11.6. The summed E-state index contributed by atoms with van der Waals surface area (Å²) in [5.74, 6) is 0.864. The van der Waals surface area contributed by atoms with E-state index in [0.29, 0.717) is 30.5 Å². The Kier molecular flexibility index (Phi) is 5.17. The second kappa shape index (κ2) is 7.09. The van der Waals surface area contributed by atoms with Gasteiger partial charge in [-0.15, -0.1) is 0 Å². The Morgan fingerprint density at radius 1 is 1.55 bits per heavy atom. The van der Waals surface area contributed by atoms with Gasteiger partial charge in [0.25, 0.3) is 0 Å². The molecule has 1 fully saturated rings. The van der Waals surface area contributed by atoms with Crippen LogP contribution in [0.1, 0.15) is 19.8 Å². The molecule has 0 amide bonds. The van der Waals surface area contributed by atoms with E-state index in [9.17, 15) is 10.1 Å². The highest BCUT2D eigenvalue weighted by Gasteiger charge is 2.21. The van der Waals surface area contributed by atoms with Gasteiger partial charge in [-0.1, -0.05) is 6.07 Å². The molecule has 6 nitrogen and oxygen atoms in total. The van der Waals surface area contributed by atoms with E-state index in [1.165, 1.54) is 0 Å². The summed E-state index contributed by atoms with van der Waals surface area (Å²) in [4.78, 5) is 10.8. The molecule has 1 unspecified atom stereocenters. The van der Waals surface area contributed by atoms with Crippen molar-refractivity contribution in [1.29, 1.82) is 0 Å². The Balaban J connectivity index is 2.01. The van der Waals surface area contributed by atoms with Crippen LogP contribution in [0.2, 0.25) is 0 Å². The molecule has 20 heavy (non-hydrogen) atoms. The van der Waals surface area contributed by atoms with Gasteiger partial charge in [0.15, 0.2) is 5.75 Å². The molecule has 0 aliphatic carbocycles. The first-order valence-electron chi connectivity index (χ1n) is 6.94. The van der Waals surface area contributed by atoms with Gasteiger partial charge >= 0.3 is 5.69 Å². The van der Waals surface area contributed by atoms with Crippen molar-refractivity contribution in [2.45, 2.75) is 19.8 Å². The Morgan fingerprint density at radius 3 is 3.05 bits per heavy atom. The number of nitro benzene ring substituents is 1. The average Bonchev–Trinajstić information content (AvgIpc) is 2.92. The lowest BCUT2D eigenvalue weighted by Crippen LogP contribution is -2.10. The summed E-state index contributed by atoms with van der Waals surface area (Å²) >= 11 is 0. The summed E-state index contributed by atoms with van der Waals surface area (Å²) in [6.07, 6.45) is 2.03. The number of benzene rings is 1. The molecule has 1 N–H and O–H groups in total. The molecule has 2 rings (SSSR count). The summed E-state index contributed by atoms with van der Waals surface area (Å²) in [6, 6.07) is 5.10. The number of hydrogen-bond donors (Lipinski definition) is 1. The van der Waals surface area contributed by atoms with Gasteiger partial charge in [-0.3, -0.25) is 10.1 Å². The highest BCUT2D eigenvalue weighted by atomic mass is 16.6. The van der Waals surface area contributed by atoms with E-state index in [1.54, 1.807) is 18.2 Å². The molecule has 0 bridgehead atoms. The SMILES string of the molecule is CCOc1cccc(NCCC2CCOC2)c1[N+](=O)[O-]. The molecule has 0 aromatic heterocycles. The van der Waals surface area contributed by atoms with Gasteiger partial charge in [0.05, 0.1) is 11.5 Å². The van der Waals surface area contributed by atoms with E-state index < -0.39 is 4.92 Å². The van der Waals surface area contributed by atoms with Gasteiger partial charge in [0.2, 0.25) is 0 Å². The fourth-order valence-electron chi connectivity index (χ4n) is 2.35. The van der Waals surface area contributed by atoms with Gasteiger partial charge in [0.1, 0.15) is 5.69 Å². The number of nitrogens with one attached hydrogen (secondary N) is 1. The average molecular weight is 280 g/mol. The highest BCUT2D eigenvalue weighted by molar-refractivity contribution is 5.68. The van der Waals surface area contributed by atoms with Crippen LogP contribution in [-0.4, -0.2) is 31.3 Å². The van der Waals surface area contributed by atoms with E-state index in [1.807, 2.05) is 6.92 Å². The lowest BCUT2D eigenvalue weighted by molar-refractivity contribution is -0.384. The second-order valence-electron chi connectivity index (χ2n) is 4.79. The predicted molar refractivity (Wildman–Crippen MR) is 76.3 cm³/mol. The van der Waals surface area contributed by atoms with Crippen molar-refractivity contribution in [1.82, 2.24) is 0 Å². The molecule has 1 aliphatic rings. The maximum Gasteiger partial charge on any atom is 0.333 e. The number of nitrogens with zero attached hydrogens (tertiary/aromatic N) is 1. The third-order valence-electron chi connectivity index (χ3n) is 3.37. The van der Waals surface area contributed by atoms with Gasteiger partial charge in [-0.2, -0.15) is 0 Å². The summed E-state index contributed by atoms with van der Waals surface area (Å²) in [7, 11) is 0. The molecule has 0 spiro atoms. The van der Waals surface area contributed by atoms with Crippen LogP contribution in [0, 0.1) is 16.0 Å². The fourth-order valence-corrected chi connectivity index (χ4v) is 2.35. The fraction of sp³-hybridized carbons (Fsp3) is 0.571. The minimum atomic E-state index is -0.397. The van der Waals surface area contributed by atoms with Crippen LogP contribution < -0.4 is 10.1 Å². The molecule has 1 saturated heterocycles.